The predicted octanol–water partition coefficient (Wildman–Crippen LogP) is 5.72. The Kier molecular flexibility index (Phi) is 6.65. The first-order chi connectivity index (χ1) is 16.3. The molecule has 0 saturated heterocycles. The molecule has 190 valence electrons. The molecule has 1 aliphatic rings. The number of rotatable bonds is 5. The van der Waals surface area contributed by atoms with E-state index in [2.05, 4.69) is 25.8 Å². The number of hydrogen-bond donors (Lipinski definition) is 3. The van der Waals surface area contributed by atoms with Crippen LogP contribution in [-0.2, 0) is 5.41 Å². The van der Waals surface area contributed by atoms with Crippen LogP contribution in [0.2, 0.25) is 0 Å². The van der Waals surface area contributed by atoms with E-state index in [0.29, 0.717) is 28.8 Å². The van der Waals surface area contributed by atoms with Crippen LogP contribution in [0.4, 0.5) is 29.3 Å². The molecule has 0 amide bonds. The van der Waals surface area contributed by atoms with Gasteiger partial charge in [-0.3, -0.25) is 0 Å². The van der Waals surface area contributed by atoms with Gasteiger partial charge < -0.3 is 20.2 Å². The highest BCUT2D eigenvalue weighted by molar-refractivity contribution is 5.91. The summed E-state index contributed by atoms with van der Waals surface area (Å²) in [5.41, 5.74) is 0.952. The highest BCUT2D eigenvalue weighted by atomic mass is 19.4. The number of aliphatic hydroxyl groups is 1. The van der Waals surface area contributed by atoms with Crippen molar-refractivity contribution >= 4 is 22.6 Å². The van der Waals surface area contributed by atoms with Gasteiger partial charge in [0.1, 0.15) is 12.2 Å². The molecule has 3 N–H and O–H groups in total. The van der Waals surface area contributed by atoms with Gasteiger partial charge in [-0.05, 0) is 61.3 Å². The van der Waals surface area contributed by atoms with Gasteiger partial charge in [0.2, 0.25) is 0 Å². The van der Waals surface area contributed by atoms with Gasteiger partial charge in [-0.25, -0.2) is 9.37 Å². The molecule has 1 saturated carbocycles. The van der Waals surface area contributed by atoms with Crippen LogP contribution in [0.5, 0.6) is 0 Å². The third kappa shape index (κ3) is 5.66. The molecule has 35 heavy (non-hydrogen) atoms. The highest BCUT2D eigenvalue weighted by Crippen LogP contribution is 2.38. The molecular formula is C24H29F4N5O2. The number of aliphatic hydroxyl groups excluding tert-OH is 1. The van der Waals surface area contributed by atoms with E-state index in [9.17, 15) is 18.3 Å². The number of pyridine rings is 1. The van der Waals surface area contributed by atoms with Gasteiger partial charge in [-0.2, -0.15) is 13.2 Å². The fourth-order valence-electron chi connectivity index (χ4n) is 4.42. The van der Waals surface area contributed by atoms with Gasteiger partial charge in [0.25, 0.3) is 5.89 Å². The topological polar surface area (TPSA) is 96.1 Å². The van der Waals surface area contributed by atoms with Gasteiger partial charge in [-0.15, -0.1) is 5.10 Å². The van der Waals surface area contributed by atoms with E-state index in [1.807, 2.05) is 20.8 Å². The van der Waals surface area contributed by atoms with Crippen molar-refractivity contribution < 1.29 is 27.1 Å². The first kappa shape index (κ1) is 25.2. The Labute approximate surface area is 200 Å². The zero-order valence-corrected chi connectivity index (χ0v) is 20.1. The molecule has 11 heteroatoms. The largest absolute Gasteiger partial charge is 0.405 e. The summed E-state index contributed by atoms with van der Waals surface area (Å²) in [6.07, 6.45) is -1.72. The smallest absolute Gasteiger partial charge is 0.402 e. The Morgan fingerprint density at radius 2 is 1.89 bits per heavy atom. The molecule has 2 atom stereocenters. The maximum Gasteiger partial charge on any atom is 0.405 e. The number of alkyl halides is 3. The number of fused-ring (bicyclic) bond motifs is 1. The normalized spacial score (nSPS) is 19.2. The molecule has 1 aliphatic carbocycles. The van der Waals surface area contributed by atoms with Crippen LogP contribution >= 0.6 is 0 Å². The SMILES string of the molecule is Cc1cc(-c2nnc(NC3CCC[C@H](O)C3)o2)nc2c(C(C)(C)C)cc(NCC(F)(F)F)c(F)c12. The minimum atomic E-state index is -4.49. The fraction of sp³-hybridized carbons (Fsp3) is 0.542. The molecule has 0 radical (unpaired) electrons. The number of nitrogens with zero attached hydrogens (tertiary/aromatic N) is 3. The summed E-state index contributed by atoms with van der Waals surface area (Å²) in [5, 5.41) is 23.4. The number of benzene rings is 1. The Hall–Kier alpha value is -2.95. The monoisotopic (exact) mass is 495 g/mol. The summed E-state index contributed by atoms with van der Waals surface area (Å²) >= 11 is 0. The minimum Gasteiger partial charge on any atom is -0.402 e. The molecule has 0 spiro atoms. The van der Waals surface area contributed by atoms with Crippen molar-refractivity contribution in [3.8, 4) is 11.6 Å². The molecule has 0 bridgehead atoms. The van der Waals surface area contributed by atoms with Gasteiger partial charge in [0.05, 0.1) is 17.3 Å². The van der Waals surface area contributed by atoms with Crippen LogP contribution in [0, 0.1) is 12.7 Å². The molecule has 2 heterocycles. The number of anilines is 2. The average molecular weight is 496 g/mol. The molecule has 0 aliphatic heterocycles. The molecule has 4 rings (SSSR count). The number of nitrogens with one attached hydrogen (secondary N) is 2. The number of aromatic nitrogens is 3. The lowest BCUT2D eigenvalue weighted by molar-refractivity contribution is -0.115. The van der Waals surface area contributed by atoms with Crippen molar-refractivity contribution in [1.29, 1.82) is 0 Å². The van der Waals surface area contributed by atoms with Crippen LogP contribution in [0.1, 0.15) is 57.6 Å². The molecule has 2 aromatic heterocycles. The van der Waals surface area contributed by atoms with Crippen LogP contribution in [0.3, 0.4) is 0 Å². The Bertz CT molecular complexity index is 1220. The van der Waals surface area contributed by atoms with Crippen molar-refractivity contribution in [2.45, 2.75) is 77.1 Å². The summed E-state index contributed by atoms with van der Waals surface area (Å²) in [4.78, 5) is 4.60. The Morgan fingerprint density at radius 1 is 1.14 bits per heavy atom. The van der Waals surface area contributed by atoms with Gasteiger partial charge in [-0.1, -0.05) is 25.9 Å². The number of hydrogen-bond acceptors (Lipinski definition) is 7. The second kappa shape index (κ2) is 9.25. The Morgan fingerprint density at radius 3 is 2.54 bits per heavy atom. The molecule has 1 unspecified atom stereocenters. The van der Waals surface area contributed by atoms with E-state index in [1.165, 1.54) is 6.07 Å². The highest BCUT2D eigenvalue weighted by Gasteiger charge is 2.29. The van der Waals surface area contributed by atoms with Crippen molar-refractivity contribution in [2.24, 2.45) is 0 Å². The van der Waals surface area contributed by atoms with E-state index in [-0.39, 0.29) is 35.1 Å². The quantitative estimate of drug-likeness (QED) is 0.390. The lowest BCUT2D eigenvalue weighted by atomic mass is 9.84. The van der Waals surface area contributed by atoms with Crippen LogP contribution < -0.4 is 10.6 Å². The zero-order valence-electron chi connectivity index (χ0n) is 20.1. The van der Waals surface area contributed by atoms with Crippen LogP contribution in [0.25, 0.3) is 22.5 Å². The standard InChI is InChI=1S/C24H29F4N5O2/c1-12-8-17(21-32-33-22(35-21)30-13-6-5-7-14(34)9-13)31-20-15(23(2,3)4)10-16(19(25)18(12)20)29-11-24(26,27)28/h8,10,13-14,29,34H,5-7,9,11H2,1-4H3,(H,30,33)/t13?,14-/m0/s1. The predicted molar refractivity (Wildman–Crippen MR) is 125 cm³/mol. The summed E-state index contributed by atoms with van der Waals surface area (Å²) in [6, 6.07) is 3.18. The van der Waals surface area contributed by atoms with E-state index in [4.69, 9.17) is 4.42 Å². The first-order valence-electron chi connectivity index (χ1n) is 11.6. The second-order valence-electron chi connectivity index (χ2n) is 10.1. The molecular weight excluding hydrogens is 466 g/mol. The van der Waals surface area contributed by atoms with Crippen molar-refractivity contribution in [3.05, 3.63) is 29.1 Å². The third-order valence-electron chi connectivity index (χ3n) is 6.12. The van der Waals surface area contributed by atoms with Gasteiger partial charge >= 0.3 is 12.2 Å². The summed E-state index contributed by atoms with van der Waals surface area (Å²) in [7, 11) is 0. The van der Waals surface area contributed by atoms with Crippen molar-refractivity contribution in [3.63, 3.8) is 0 Å². The maximum absolute atomic E-state index is 15.4. The number of aryl methyl sites for hydroxylation is 1. The average Bonchev–Trinajstić information content (AvgIpc) is 3.20. The lowest BCUT2D eigenvalue weighted by Crippen LogP contribution is -2.29. The molecule has 1 fully saturated rings. The van der Waals surface area contributed by atoms with E-state index >= 15 is 4.39 Å². The minimum absolute atomic E-state index is 0.0163. The summed E-state index contributed by atoms with van der Waals surface area (Å²) < 4.78 is 59.4. The van der Waals surface area contributed by atoms with Gasteiger partial charge in [0, 0.05) is 11.4 Å². The molecule has 1 aromatic carbocycles. The maximum atomic E-state index is 15.4. The van der Waals surface area contributed by atoms with Crippen LogP contribution in [-0.4, -0.2) is 45.2 Å². The molecule has 7 nitrogen and oxygen atoms in total. The molecule has 3 aromatic rings. The lowest BCUT2D eigenvalue weighted by Gasteiger charge is -2.25. The third-order valence-corrected chi connectivity index (χ3v) is 6.12. The summed E-state index contributed by atoms with van der Waals surface area (Å²) in [5.74, 6) is -0.661. The van der Waals surface area contributed by atoms with Crippen LogP contribution in [0.15, 0.2) is 16.5 Å². The number of halogens is 4. The first-order valence-corrected chi connectivity index (χ1v) is 11.6. The van der Waals surface area contributed by atoms with E-state index < -0.39 is 24.0 Å². The fourth-order valence-corrected chi connectivity index (χ4v) is 4.42. The van der Waals surface area contributed by atoms with E-state index in [0.717, 1.165) is 19.3 Å². The van der Waals surface area contributed by atoms with Gasteiger partial charge in [0.15, 0.2) is 5.82 Å². The zero-order chi connectivity index (χ0) is 25.5. The Balaban J connectivity index is 1.73. The van der Waals surface area contributed by atoms with Crippen molar-refractivity contribution in [2.75, 3.05) is 17.2 Å². The second-order valence-corrected chi connectivity index (χ2v) is 10.1. The van der Waals surface area contributed by atoms with E-state index in [1.54, 1.807) is 13.0 Å². The van der Waals surface area contributed by atoms with Crippen molar-refractivity contribution in [1.82, 2.24) is 15.2 Å². The summed E-state index contributed by atoms with van der Waals surface area (Å²) in [6.45, 7) is 5.95.